The number of carbonyl (C=O) groups excluding carboxylic acids is 1. The second-order valence-corrected chi connectivity index (χ2v) is 8.05. The van der Waals surface area contributed by atoms with E-state index in [9.17, 15) is 4.79 Å². The van der Waals surface area contributed by atoms with Gasteiger partial charge in [0.25, 0.3) is 0 Å². The van der Waals surface area contributed by atoms with Gasteiger partial charge in [0.15, 0.2) is 0 Å². The Balaban J connectivity index is 1.95. The van der Waals surface area contributed by atoms with Crippen molar-refractivity contribution in [3.8, 4) is 0 Å². The van der Waals surface area contributed by atoms with Crippen molar-refractivity contribution < 1.29 is 14.3 Å². The fourth-order valence-electron chi connectivity index (χ4n) is 3.36. The molecule has 4 heteroatoms. The van der Waals surface area contributed by atoms with E-state index < -0.39 is 0 Å². The van der Waals surface area contributed by atoms with Crippen molar-refractivity contribution in [2.75, 3.05) is 33.0 Å². The van der Waals surface area contributed by atoms with Crippen LogP contribution in [-0.2, 0) is 14.3 Å². The van der Waals surface area contributed by atoms with Crippen molar-refractivity contribution >= 4 is 5.91 Å². The molecule has 1 rings (SSSR count). The van der Waals surface area contributed by atoms with E-state index in [1.54, 1.807) is 0 Å². The van der Waals surface area contributed by atoms with E-state index in [2.05, 4.69) is 33.0 Å². The highest BCUT2D eigenvalue weighted by atomic mass is 16.5. The maximum Gasteiger partial charge on any atom is 0.223 e. The first-order chi connectivity index (χ1) is 11.5. The van der Waals surface area contributed by atoms with Crippen molar-refractivity contribution in [1.29, 1.82) is 0 Å². The third-order valence-electron chi connectivity index (χ3n) is 4.78. The summed E-state index contributed by atoms with van der Waals surface area (Å²) < 4.78 is 11.0. The lowest BCUT2D eigenvalue weighted by Gasteiger charge is -2.28. The van der Waals surface area contributed by atoms with Crippen LogP contribution in [0.5, 0.6) is 0 Å². The Labute approximate surface area is 149 Å². The molecule has 0 atom stereocenters. The first-order valence-electron chi connectivity index (χ1n) is 9.92. The molecule has 0 saturated heterocycles. The molecule has 24 heavy (non-hydrogen) atoms. The van der Waals surface area contributed by atoms with Crippen LogP contribution in [0.2, 0.25) is 0 Å². The molecule has 1 saturated carbocycles. The molecular formula is C20H39NO3. The summed E-state index contributed by atoms with van der Waals surface area (Å²) in [6.45, 7) is 12.2. The van der Waals surface area contributed by atoms with E-state index in [0.717, 1.165) is 37.7 Å². The third-order valence-corrected chi connectivity index (χ3v) is 4.78. The molecule has 1 aliphatic rings. The zero-order valence-electron chi connectivity index (χ0n) is 16.3. The summed E-state index contributed by atoms with van der Waals surface area (Å²) in [6, 6.07) is 0. The molecule has 1 amide bonds. The molecule has 1 fully saturated rings. The second kappa shape index (κ2) is 12.7. The molecule has 0 aliphatic heterocycles. The summed E-state index contributed by atoms with van der Waals surface area (Å²) >= 11 is 0. The molecule has 0 heterocycles. The average molecular weight is 342 g/mol. The van der Waals surface area contributed by atoms with Crippen molar-refractivity contribution in [3.63, 3.8) is 0 Å². The van der Waals surface area contributed by atoms with Crippen LogP contribution in [0, 0.1) is 23.7 Å². The van der Waals surface area contributed by atoms with E-state index in [4.69, 9.17) is 9.47 Å². The molecular weight excluding hydrogens is 302 g/mol. The van der Waals surface area contributed by atoms with E-state index in [1.165, 1.54) is 19.3 Å². The van der Waals surface area contributed by atoms with Crippen LogP contribution in [0.15, 0.2) is 0 Å². The van der Waals surface area contributed by atoms with Crippen LogP contribution in [0.3, 0.4) is 0 Å². The molecule has 4 nitrogen and oxygen atoms in total. The number of nitrogens with one attached hydrogen (secondary N) is 1. The minimum absolute atomic E-state index is 0.216. The van der Waals surface area contributed by atoms with Crippen LogP contribution in [0.25, 0.3) is 0 Å². The fraction of sp³-hybridized carbons (Fsp3) is 0.950. The molecule has 0 radical (unpaired) electrons. The van der Waals surface area contributed by atoms with E-state index >= 15 is 0 Å². The van der Waals surface area contributed by atoms with E-state index in [-0.39, 0.29) is 11.8 Å². The normalized spacial score (nSPS) is 21.4. The predicted octanol–water partition coefficient (Wildman–Crippen LogP) is 4.03. The van der Waals surface area contributed by atoms with Crippen LogP contribution in [0.4, 0.5) is 0 Å². The van der Waals surface area contributed by atoms with Crippen LogP contribution < -0.4 is 5.32 Å². The van der Waals surface area contributed by atoms with Gasteiger partial charge in [-0.1, -0.05) is 27.7 Å². The highest BCUT2D eigenvalue weighted by molar-refractivity contribution is 5.78. The summed E-state index contributed by atoms with van der Waals surface area (Å²) in [5.41, 5.74) is 0. The predicted molar refractivity (Wildman–Crippen MR) is 99.0 cm³/mol. The summed E-state index contributed by atoms with van der Waals surface area (Å²) in [6.07, 6.45) is 6.92. The Bertz CT molecular complexity index is 323. The Kier molecular flexibility index (Phi) is 11.4. The minimum atomic E-state index is 0.216. The monoisotopic (exact) mass is 341 g/mol. The largest absolute Gasteiger partial charge is 0.379 e. The second-order valence-electron chi connectivity index (χ2n) is 8.05. The Hall–Kier alpha value is -0.610. The van der Waals surface area contributed by atoms with Crippen molar-refractivity contribution in [3.05, 3.63) is 0 Å². The molecule has 1 N–H and O–H groups in total. The number of hydrogen-bond acceptors (Lipinski definition) is 3. The SMILES string of the molecule is CC(C)CCOCCOCCNC(=O)C1CCC(CC(C)C)CC1. The molecule has 0 unspecified atom stereocenters. The van der Waals surface area contributed by atoms with Crippen LogP contribution in [0.1, 0.15) is 66.2 Å². The average Bonchev–Trinajstić information content (AvgIpc) is 2.53. The number of carbonyl (C=O) groups is 1. The number of hydrogen-bond donors (Lipinski definition) is 1. The third kappa shape index (κ3) is 10.3. The van der Waals surface area contributed by atoms with Gasteiger partial charge < -0.3 is 14.8 Å². The van der Waals surface area contributed by atoms with Gasteiger partial charge in [0.05, 0.1) is 19.8 Å². The highest BCUT2D eigenvalue weighted by Gasteiger charge is 2.26. The van der Waals surface area contributed by atoms with Crippen molar-refractivity contribution in [1.82, 2.24) is 5.32 Å². The molecule has 1 aliphatic carbocycles. The highest BCUT2D eigenvalue weighted by Crippen LogP contribution is 2.32. The lowest BCUT2D eigenvalue weighted by molar-refractivity contribution is -0.126. The summed E-state index contributed by atoms with van der Waals surface area (Å²) in [7, 11) is 0. The molecule has 0 aromatic heterocycles. The zero-order valence-corrected chi connectivity index (χ0v) is 16.3. The van der Waals surface area contributed by atoms with E-state index in [0.29, 0.717) is 32.3 Å². The van der Waals surface area contributed by atoms with Gasteiger partial charge in [-0.15, -0.1) is 0 Å². The lowest BCUT2D eigenvalue weighted by atomic mass is 9.78. The molecule has 0 bridgehead atoms. The summed E-state index contributed by atoms with van der Waals surface area (Å²) in [5, 5.41) is 3.02. The standard InChI is InChI=1S/C20H39NO3/c1-16(2)9-11-23-13-14-24-12-10-21-20(22)19-7-5-18(6-8-19)15-17(3)4/h16-19H,5-15H2,1-4H3,(H,21,22). The molecule has 0 aromatic rings. The molecule has 0 aromatic carbocycles. The van der Waals surface area contributed by atoms with Gasteiger partial charge in [-0.25, -0.2) is 0 Å². The first kappa shape index (κ1) is 21.4. The zero-order chi connectivity index (χ0) is 17.8. The van der Waals surface area contributed by atoms with Crippen molar-refractivity contribution in [2.24, 2.45) is 23.7 Å². The quantitative estimate of drug-likeness (QED) is 0.545. The number of rotatable bonds is 12. The minimum Gasteiger partial charge on any atom is -0.379 e. The van der Waals surface area contributed by atoms with E-state index in [1.807, 2.05) is 0 Å². The summed E-state index contributed by atoms with van der Waals surface area (Å²) in [5.74, 6) is 2.71. The number of ether oxygens (including phenoxy) is 2. The number of amides is 1. The molecule has 0 spiro atoms. The van der Waals surface area contributed by atoms with Crippen molar-refractivity contribution in [2.45, 2.75) is 66.2 Å². The Morgan fingerprint density at radius 3 is 2.12 bits per heavy atom. The smallest absolute Gasteiger partial charge is 0.223 e. The topological polar surface area (TPSA) is 47.6 Å². The fourth-order valence-corrected chi connectivity index (χ4v) is 3.36. The van der Waals surface area contributed by atoms with Gasteiger partial charge in [-0.3, -0.25) is 4.79 Å². The Morgan fingerprint density at radius 1 is 0.917 bits per heavy atom. The first-order valence-corrected chi connectivity index (χ1v) is 9.92. The van der Waals surface area contributed by atoms with Crippen LogP contribution in [-0.4, -0.2) is 38.9 Å². The van der Waals surface area contributed by atoms with Gasteiger partial charge in [-0.05, 0) is 56.3 Å². The van der Waals surface area contributed by atoms with Gasteiger partial charge in [-0.2, -0.15) is 0 Å². The maximum absolute atomic E-state index is 12.2. The molecule has 142 valence electrons. The van der Waals surface area contributed by atoms with Crippen LogP contribution >= 0.6 is 0 Å². The van der Waals surface area contributed by atoms with Gasteiger partial charge in [0.1, 0.15) is 0 Å². The lowest BCUT2D eigenvalue weighted by Crippen LogP contribution is -2.35. The van der Waals surface area contributed by atoms with Gasteiger partial charge in [0, 0.05) is 19.1 Å². The Morgan fingerprint density at radius 2 is 1.54 bits per heavy atom. The van der Waals surface area contributed by atoms with Gasteiger partial charge >= 0.3 is 0 Å². The van der Waals surface area contributed by atoms with Gasteiger partial charge in [0.2, 0.25) is 5.91 Å². The maximum atomic E-state index is 12.2. The summed E-state index contributed by atoms with van der Waals surface area (Å²) in [4.78, 5) is 12.2.